The molecule has 24 heavy (non-hydrogen) atoms. The summed E-state index contributed by atoms with van der Waals surface area (Å²) in [4.78, 5) is 26.3. The summed E-state index contributed by atoms with van der Waals surface area (Å²) in [5.74, 6) is -2.06. The lowest BCUT2D eigenvalue weighted by Crippen LogP contribution is -2.07. The molecule has 0 aliphatic rings. The number of anilines is 1. The lowest BCUT2D eigenvalue weighted by Gasteiger charge is -1.94. The number of thiazole rings is 1. The van der Waals surface area contributed by atoms with Crippen LogP contribution in [0, 0.1) is 21.7 Å². The van der Waals surface area contributed by atoms with E-state index in [1.54, 1.807) is 0 Å². The molecule has 0 bridgehead atoms. The second-order valence-electron chi connectivity index (χ2n) is 4.51. The van der Waals surface area contributed by atoms with Crippen LogP contribution in [-0.2, 0) is 4.79 Å². The number of nitro groups is 1. The number of rotatable bonds is 4. The van der Waals surface area contributed by atoms with Crippen LogP contribution in [0.15, 0.2) is 30.3 Å². The first-order valence-electron chi connectivity index (χ1n) is 6.41. The molecule has 0 aliphatic carbocycles. The lowest BCUT2D eigenvalue weighted by atomic mass is 10.3. The van der Waals surface area contributed by atoms with Gasteiger partial charge in [-0.05, 0) is 18.2 Å². The van der Waals surface area contributed by atoms with Crippen molar-refractivity contribution in [3.63, 3.8) is 0 Å². The molecule has 1 aromatic carbocycles. The van der Waals surface area contributed by atoms with Gasteiger partial charge in [0.2, 0.25) is 5.91 Å². The molecule has 0 fully saturated rings. The van der Waals surface area contributed by atoms with Gasteiger partial charge >= 0.3 is 5.00 Å². The highest BCUT2D eigenvalue weighted by Gasteiger charge is 2.12. The predicted molar refractivity (Wildman–Crippen MR) is 88.2 cm³/mol. The number of hydrogen-bond acceptors (Lipinski definition) is 6. The van der Waals surface area contributed by atoms with E-state index < -0.39 is 22.5 Å². The number of halogens is 2. The van der Waals surface area contributed by atoms with Crippen molar-refractivity contribution in [3.8, 4) is 0 Å². The molecule has 2 heterocycles. The third kappa shape index (κ3) is 3.44. The standard InChI is InChI=1S/C14H7F2N3O3S2/c15-7-5-9(16)13-10(6-7)24-14(18-13)17-11(20)3-1-8-2-4-12(23-8)19(21)22/h1-6H,(H,17,18,20)/b3-1-. The molecule has 10 heteroatoms. The van der Waals surface area contributed by atoms with E-state index in [4.69, 9.17) is 0 Å². The van der Waals surface area contributed by atoms with Crippen LogP contribution < -0.4 is 5.32 Å². The van der Waals surface area contributed by atoms with Gasteiger partial charge in [0, 0.05) is 23.1 Å². The largest absolute Gasteiger partial charge is 0.324 e. The fourth-order valence-corrected chi connectivity index (χ4v) is 3.48. The number of benzene rings is 1. The van der Waals surface area contributed by atoms with Crippen LogP contribution in [0.2, 0.25) is 0 Å². The molecule has 3 aromatic rings. The van der Waals surface area contributed by atoms with E-state index >= 15 is 0 Å². The molecule has 0 unspecified atom stereocenters. The zero-order valence-electron chi connectivity index (χ0n) is 11.7. The van der Waals surface area contributed by atoms with E-state index in [1.807, 2.05) is 0 Å². The fourth-order valence-electron chi connectivity index (χ4n) is 1.85. The van der Waals surface area contributed by atoms with Gasteiger partial charge in [0.25, 0.3) is 0 Å². The topological polar surface area (TPSA) is 85.1 Å². The van der Waals surface area contributed by atoms with Gasteiger partial charge in [-0.1, -0.05) is 22.7 Å². The maximum absolute atomic E-state index is 13.6. The molecule has 0 saturated carbocycles. The summed E-state index contributed by atoms with van der Waals surface area (Å²) < 4.78 is 27.0. The Kier molecular flexibility index (Phi) is 4.32. The molecule has 122 valence electrons. The van der Waals surface area contributed by atoms with Crippen molar-refractivity contribution < 1.29 is 18.5 Å². The van der Waals surface area contributed by atoms with Crippen LogP contribution in [0.1, 0.15) is 4.88 Å². The van der Waals surface area contributed by atoms with Crippen molar-refractivity contribution >= 4 is 55.0 Å². The normalized spacial score (nSPS) is 11.2. The summed E-state index contributed by atoms with van der Waals surface area (Å²) in [5, 5.41) is 13.1. The number of nitrogens with one attached hydrogen (secondary N) is 1. The van der Waals surface area contributed by atoms with E-state index in [1.165, 1.54) is 24.3 Å². The number of aromatic nitrogens is 1. The third-order valence-corrected chi connectivity index (χ3v) is 4.75. The van der Waals surface area contributed by atoms with E-state index in [-0.39, 0.29) is 20.3 Å². The third-order valence-electron chi connectivity index (χ3n) is 2.83. The number of nitrogens with zero attached hydrogens (tertiary/aromatic N) is 2. The Morgan fingerprint density at radius 1 is 1.29 bits per heavy atom. The minimum Gasteiger partial charge on any atom is -0.298 e. The minimum absolute atomic E-state index is 0.0189. The Labute approximate surface area is 141 Å². The number of carbonyl (C=O) groups is 1. The van der Waals surface area contributed by atoms with Gasteiger partial charge in [0.05, 0.1) is 9.62 Å². The Bertz CT molecular complexity index is 981. The summed E-state index contributed by atoms with van der Waals surface area (Å²) in [7, 11) is 0. The molecule has 0 radical (unpaired) electrons. The number of amides is 1. The Morgan fingerprint density at radius 3 is 2.79 bits per heavy atom. The zero-order valence-corrected chi connectivity index (χ0v) is 13.3. The highest BCUT2D eigenvalue weighted by atomic mass is 32.1. The minimum atomic E-state index is -0.803. The molecule has 0 atom stereocenters. The van der Waals surface area contributed by atoms with Crippen LogP contribution in [-0.4, -0.2) is 15.8 Å². The molecule has 1 N–H and O–H groups in total. The molecule has 2 aromatic heterocycles. The average Bonchev–Trinajstić information content (AvgIpc) is 3.11. The average molecular weight is 367 g/mol. The van der Waals surface area contributed by atoms with E-state index in [0.29, 0.717) is 4.88 Å². The summed E-state index contributed by atoms with van der Waals surface area (Å²) in [6.45, 7) is 0. The van der Waals surface area contributed by atoms with E-state index in [0.717, 1.165) is 34.8 Å². The van der Waals surface area contributed by atoms with Gasteiger partial charge in [-0.2, -0.15) is 0 Å². The summed E-state index contributed by atoms with van der Waals surface area (Å²) in [5.41, 5.74) is -0.0189. The monoisotopic (exact) mass is 367 g/mol. The first-order chi connectivity index (χ1) is 11.4. The first kappa shape index (κ1) is 16.1. The Morgan fingerprint density at radius 2 is 2.08 bits per heavy atom. The number of thiophene rings is 1. The fraction of sp³-hybridized carbons (Fsp3) is 0. The number of hydrogen-bond donors (Lipinski definition) is 1. The van der Waals surface area contributed by atoms with Crippen molar-refractivity contribution in [1.82, 2.24) is 4.98 Å². The van der Waals surface area contributed by atoms with Crippen LogP contribution in [0.25, 0.3) is 16.3 Å². The first-order valence-corrected chi connectivity index (χ1v) is 8.04. The smallest absolute Gasteiger partial charge is 0.298 e. The van der Waals surface area contributed by atoms with Crippen LogP contribution in [0.4, 0.5) is 18.9 Å². The molecule has 1 amide bonds. The van der Waals surface area contributed by atoms with Gasteiger partial charge in [0.15, 0.2) is 10.9 Å². The molecule has 3 rings (SSSR count). The van der Waals surface area contributed by atoms with E-state index in [2.05, 4.69) is 10.3 Å². The lowest BCUT2D eigenvalue weighted by molar-refractivity contribution is -0.380. The van der Waals surface area contributed by atoms with Crippen molar-refractivity contribution in [2.24, 2.45) is 0 Å². The number of fused-ring (bicyclic) bond motifs is 1. The summed E-state index contributed by atoms with van der Waals surface area (Å²) in [6, 6.07) is 4.71. The maximum atomic E-state index is 13.6. The molecule has 6 nitrogen and oxygen atoms in total. The molecule has 0 saturated heterocycles. The molecule has 0 aliphatic heterocycles. The SMILES string of the molecule is O=C(/C=C\c1ccc([N+](=O)[O-])s1)Nc1nc2c(F)cc(F)cc2s1. The van der Waals surface area contributed by atoms with E-state index in [9.17, 15) is 23.7 Å². The van der Waals surface area contributed by atoms with Gasteiger partial charge in [-0.15, -0.1) is 0 Å². The number of carbonyl (C=O) groups excluding carboxylic acids is 1. The highest BCUT2D eigenvalue weighted by Crippen LogP contribution is 2.29. The Hall–Kier alpha value is -2.72. The van der Waals surface area contributed by atoms with Crippen molar-refractivity contribution in [2.45, 2.75) is 0 Å². The molecular formula is C14H7F2N3O3S2. The van der Waals surface area contributed by atoms with Crippen molar-refractivity contribution in [3.05, 3.63) is 57.0 Å². The van der Waals surface area contributed by atoms with Crippen molar-refractivity contribution in [2.75, 3.05) is 5.32 Å². The van der Waals surface area contributed by atoms with Crippen LogP contribution in [0.3, 0.4) is 0 Å². The zero-order chi connectivity index (χ0) is 17.3. The second-order valence-corrected chi connectivity index (χ2v) is 6.63. The molecular weight excluding hydrogens is 360 g/mol. The quantitative estimate of drug-likeness (QED) is 0.425. The summed E-state index contributed by atoms with van der Waals surface area (Å²) >= 11 is 1.87. The summed E-state index contributed by atoms with van der Waals surface area (Å²) in [6.07, 6.45) is 2.60. The Balaban J connectivity index is 1.73. The second kappa shape index (κ2) is 6.42. The maximum Gasteiger partial charge on any atom is 0.324 e. The van der Waals surface area contributed by atoms with Crippen molar-refractivity contribution in [1.29, 1.82) is 0 Å². The highest BCUT2D eigenvalue weighted by molar-refractivity contribution is 7.22. The van der Waals surface area contributed by atoms with Gasteiger partial charge in [-0.25, -0.2) is 13.8 Å². The van der Waals surface area contributed by atoms with Gasteiger partial charge in [-0.3, -0.25) is 20.2 Å². The molecule has 0 spiro atoms. The van der Waals surface area contributed by atoms with Gasteiger partial charge < -0.3 is 0 Å². The van der Waals surface area contributed by atoms with Crippen LogP contribution in [0.5, 0.6) is 0 Å². The predicted octanol–water partition coefficient (Wildman–Crippen LogP) is 4.20. The van der Waals surface area contributed by atoms with Gasteiger partial charge in [0.1, 0.15) is 11.3 Å². The van der Waals surface area contributed by atoms with Crippen LogP contribution >= 0.6 is 22.7 Å².